The molecule has 1 rings (SSSR count). The molecule has 1 aromatic heterocycles. The number of aromatic nitrogens is 2. The van der Waals surface area contributed by atoms with Gasteiger partial charge in [0.2, 0.25) is 0 Å². The second-order valence-electron chi connectivity index (χ2n) is 3.24. The van der Waals surface area contributed by atoms with Crippen molar-refractivity contribution >= 4 is 11.9 Å². The predicted molar refractivity (Wildman–Crippen MR) is 54.1 cm³/mol. The van der Waals surface area contributed by atoms with E-state index in [2.05, 4.69) is 5.10 Å². The van der Waals surface area contributed by atoms with Crippen LogP contribution in [0, 0.1) is 0 Å². The van der Waals surface area contributed by atoms with E-state index >= 15 is 0 Å². The first-order chi connectivity index (χ1) is 7.41. The third-order valence-electron chi connectivity index (χ3n) is 1.90. The summed E-state index contributed by atoms with van der Waals surface area (Å²) in [6.07, 6.45) is 0. The number of aryl methyl sites for hydroxylation is 1. The Bertz CT molecular complexity index is 480. The van der Waals surface area contributed by atoms with Crippen LogP contribution in [0.4, 0.5) is 0 Å². The van der Waals surface area contributed by atoms with Gasteiger partial charge in [0, 0.05) is 20.2 Å². The summed E-state index contributed by atoms with van der Waals surface area (Å²) in [7, 11) is 2.76. The first-order valence-electron chi connectivity index (χ1n) is 4.43. The van der Waals surface area contributed by atoms with Gasteiger partial charge in [-0.05, 0) is 6.07 Å². The van der Waals surface area contributed by atoms with Crippen molar-refractivity contribution in [2.45, 2.75) is 0 Å². The Morgan fingerprint density at radius 1 is 1.50 bits per heavy atom. The molecule has 7 nitrogen and oxygen atoms in total. The molecular formula is C9H11N3O4. The number of carboxylic acids is 1. The van der Waals surface area contributed by atoms with Gasteiger partial charge in [-0.2, -0.15) is 5.10 Å². The normalized spacial score (nSPS) is 9.88. The zero-order chi connectivity index (χ0) is 12.3. The molecule has 86 valence electrons. The van der Waals surface area contributed by atoms with Crippen molar-refractivity contribution in [1.29, 1.82) is 0 Å². The summed E-state index contributed by atoms with van der Waals surface area (Å²) in [5.74, 6) is -1.65. The number of likely N-dealkylation sites (N-methyl/N-ethyl adjacent to an activating group) is 1. The topological polar surface area (TPSA) is 92.5 Å². The van der Waals surface area contributed by atoms with Gasteiger partial charge in [-0.25, -0.2) is 4.68 Å². The Balaban J connectivity index is 2.92. The van der Waals surface area contributed by atoms with E-state index in [0.717, 1.165) is 9.58 Å². The highest BCUT2D eigenvalue weighted by atomic mass is 16.4. The van der Waals surface area contributed by atoms with Crippen molar-refractivity contribution < 1.29 is 14.7 Å². The summed E-state index contributed by atoms with van der Waals surface area (Å²) in [5, 5.41) is 12.2. The average Bonchev–Trinajstić information content (AvgIpc) is 2.20. The lowest BCUT2D eigenvalue weighted by Crippen LogP contribution is -2.34. The van der Waals surface area contributed by atoms with E-state index in [1.165, 1.54) is 26.2 Å². The Labute approximate surface area is 90.9 Å². The molecule has 1 heterocycles. The van der Waals surface area contributed by atoms with Crippen LogP contribution in [0.5, 0.6) is 0 Å². The second-order valence-corrected chi connectivity index (χ2v) is 3.24. The summed E-state index contributed by atoms with van der Waals surface area (Å²) in [4.78, 5) is 34.1. The Hall–Kier alpha value is -2.18. The molecular weight excluding hydrogens is 214 g/mol. The van der Waals surface area contributed by atoms with Crippen molar-refractivity contribution in [2.75, 3.05) is 13.6 Å². The minimum atomic E-state index is -1.11. The number of aliphatic carboxylic acids is 1. The summed E-state index contributed by atoms with van der Waals surface area (Å²) in [5.41, 5.74) is -0.303. The van der Waals surface area contributed by atoms with Crippen LogP contribution in [-0.4, -0.2) is 45.3 Å². The highest BCUT2D eigenvalue weighted by Gasteiger charge is 2.16. The van der Waals surface area contributed by atoms with Crippen LogP contribution < -0.4 is 5.56 Å². The Kier molecular flexibility index (Phi) is 3.39. The highest BCUT2D eigenvalue weighted by Crippen LogP contribution is 1.96. The van der Waals surface area contributed by atoms with Crippen LogP contribution in [-0.2, 0) is 11.8 Å². The monoisotopic (exact) mass is 225 g/mol. The number of hydrogen-bond donors (Lipinski definition) is 1. The number of hydrogen-bond acceptors (Lipinski definition) is 4. The zero-order valence-electron chi connectivity index (χ0n) is 8.88. The van der Waals surface area contributed by atoms with Crippen molar-refractivity contribution in [3.8, 4) is 0 Å². The van der Waals surface area contributed by atoms with Gasteiger partial charge in [-0.1, -0.05) is 0 Å². The molecule has 16 heavy (non-hydrogen) atoms. The molecule has 0 bridgehead atoms. The minimum Gasteiger partial charge on any atom is -0.480 e. The van der Waals surface area contributed by atoms with Gasteiger partial charge < -0.3 is 10.0 Å². The van der Waals surface area contributed by atoms with Gasteiger partial charge in [0.15, 0.2) is 0 Å². The van der Waals surface area contributed by atoms with Gasteiger partial charge in [0.25, 0.3) is 11.5 Å². The van der Waals surface area contributed by atoms with Crippen LogP contribution in [0.25, 0.3) is 0 Å². The van der Waals surface area contributed by atoms with E-state index in [1.807, 2.05) is 0 Å². The van der Waals surface area contributed by atoms with Crippen molar-refractivity contribution in [2.24, 2.45) is 7.05 Å². The maximum atomic E-state index is 11.6. The molecule has 1 N–H and O–H groups in total. The highest BCUT2D eigenvalue weighted by molar-refractivity contribution is 5.93. The smallest absolute Gasteiger partial charge is 0.323 e. The number of nitrogens with zero attached hydrogens (tertiary/aromatic N) is 3. The number of carbonyl (C=O) groups is 2. The molecule has 0 aliphatic rings. The van der Waals surface area contributed by atoms with Crippen LogP contribution in [0.15, 0.2) is 16.9 Å². The van der Waals surface area contributed by atoms with Crippen LogP contribution in [0.2, 0.25) is 0 Å². The number of amides is 1. The van der Waals surface area contributed by atoms with E-state index in [9.17, 15) is 14.4 Å². The lowest BCUT2D eigenvalue weighted by molar-refractivity contribution is -0.137. The third kappa shape index (κ3) is 2.66. The zero-order valence-corrected chi connectivity index (χ0v) is 8.88. The maximum Gasteiger partial charge on any atom is 0.323 e. The first kappa shape index (κ1) is 11.9. The second kappa shape index (κ2) is 4.56. The van der Waals surface area contributed by atoms with Gasteiger partial charge in [0.05, 0.1) is 0 Å². The molecule has 7 heteroatoms. The van der Waals surface area contributed by atoms with Crippen molar-refractivity contribution in [3.05, 3.63) is 28.2 Å². The van der Waals surface area contributed by atoms with Gasteiger partial charge >= 0.3 is 5.97 Å². The quantitative estimate of drug-likeness (QED) is 0.707. The fourth-order valence-electron chi connectivity index (χ4n) is 1.09. The predicted octanol–water partition coefficient (Wildman–Crippen LogP) is -1.06. The molecule has 0 atom stereocenters. The van der Waals surface area contributed by atoms with Gasteiger partial charge in [-0.15, -0.1) is 0 Å². The molecule has 0 aliphatic heterocycles. The Morgan fingerprint density at radius 2 is 2.12 bits per heavy atom. The van der Waals surface area contributed by atoms with Gasteiger partial charge in [0.1, 0.15) is 12.2 Å². The molecule has 0 spiro atoms. The summed E-state index contributed by atoms with van der Waals surface area (Å²) < 4.78 is 1.02. The van der Waals surface area contributed by atoms with Crippen molar-refractivity contribution in [1.82, 2.24) is 14.7 Å². The standard InChI is InChI=1S/C9H11N3O4/c1-11(5-8(14)15)9(16)6-3-4-7(13)12(2)10-6/h3-4H,5H2,1-2H3,(H,14,15). The van der Waals surface area contributed by atoms with Crippen molar-refractivity contribution in [3.63, 3.8) is 0 Å². The number of carbonyl (C=O) groups excluding carboxylic acids is 1. The molecule has 0 radical (unpaired) electrons. The molecule has 0 aromatic carbocycles. The fourth-order valence-corrected chi connectivity index (χ4v) is 1.09. The van der Waals surface area contributed by atoms with Gasteiger partial charge in [-0.3, -0.25) is 14.4 Å². The average molecular weight is 225 g/mol. The maximum absolute atomic E-state index is 11.6. The molecule has 0 aliphatic carbocycles. The SMILES string of the molecule is CN(CC(=O)O)C(=O)c1ccc(=O)n(C)n1. The van der Waals surface area contributed by atoms with E-state index < -0.39 is 18.4 Å². The number of rotatable bonds is 3. The van der Waals surface area contributed by atoms with E-state index in [1.54, 1.807) is 0 Å². The van der Waals surface area contributed by atoms with E-state index in [0.29, 0.717) is 0 Å². The number of carboxylic acid groups (broad SMARTS) is 1. The molecule has 1 amide bonds. The van der Waals surface area contributed by atoms with Crippen LogP contribution in [0.3, 0.4) is 0 Å². The molecule has 0 saturated carbocycles. The largest absolute Gasteiger partial charge is 0.480 e. The first-order valence-corrected chi connectivity index (χ1v) is 4.43. The van der Waals surface area contributed by atoms with E-state index in [4.69, 9.17) is 5.11 Å². The molecule has 0 fully saturated rings. The van der Waals surface area contributed by atoms with Crippen LogP contribution >= 0.6 is 0 Å². The summed E-state index contributed by atoms with van der Waals surface area (Å²) in [6.45, 7) is -0.413. The fraction of sp³-hybridized carbons (Fsp3) is 0.333. The molecule has 0 saturated heterocycles. The lowest BCUT2D eigenvalue weighted by Gasteiger charge is -2.13. The molecule has 0 unspecified atom stereocenters. The minimum absolute atomic E-state index is 0.0332. The summed E-state index contributed by atoms with van der Waals surface area (Å²) in [6, 6.07) is 2.47. The third-order valence-corrected chi connectivity index (χ3v) is 1.90. The molecule has 1 aromatic rings. The van der Waals surface area contributed by atoms with Crippen LogP contribution in [0.1, 0.15) is 10.5 Å². The lowest BCUT2D eigenvalue weighted by atomic mass is 10.3. The Morgan fingerprint density at radius 3 is 2.62 bits per heavy atom. The van der Waals surface area contributed by atoms with E-state index in [-0.39, 0.29) is 11.3 Å². The summed E-state index contributed by atoms with van der Waals surface area (Å²) >= 11 is 0.